The van der Waals surface area contributed by atoms with Crippen LogP contribution in [0.5, 0.6) is 11.5 Å². The maximum Gasteiger partial charge on any atom is 0.336 e. The molecule has 1 heterocycles. The van der Waals surface area contributed by atoms with Crippen LogP contribution in [0.3, 0.4) is 0 Å². The van der Waals surface area contributed by atoms with Crippen LogP contribution in [0.2, 0.25) is 0 Å². The molecule has 0 fully saturated rings. The van der Waals surface area contributed by atoms with Crippen molar-refractivity contribution in [2.45, 2.75) is 26.8 Å². The van der Waals surface area contributed by atoms with Crippen LogP contribution in [0.4, 0.5) is 0 Å². The van der Waals surface area contributed by atoms with E-state index in [9.17, 15) is 9.90 Å². The molecule has 0 bridgehead atoms. The van der Waals surface area contributed by atoms with Gasteiger partial charge < -0.3 is 14.3 Å². The molecule has 0 spiro atoms. The van der Waals surface area contributed by atoms with E-state index < -0.39 is 5.63 Å². The molecule has 3 aromatic rings. The first-order chi connectivity index (χ1) is 13.0. The zero-order valence-corrected chi connectivity index (χ0v) is 16.0. The molecular formula is C22H25NO4. The number of hydrogen-bond donors (Lipinski definition) is 1. The molecule has 5 nitrogen and oxygen atoms in total. The fourth-order valence-electron chi connectivity index (χ4n) is 3.17. The second kappa shape index (κ2) is 8.27. The van der Waals surface area contributed by atoms with Crippen LogP contribution in [-0.4, -0.2) is 30.2 Å². The summed E-state index contributed by atoms with van der Waals surface area (Å²) in [5.74, 6) is 1.03. The Hall–Kier alpha value is -2.79. The fraction of sp³-hybridized carbons (Fsp3) is 0.318. The van der Waals surface area contributed by atoms with Crippen molar-refractivity contribution in [3.05, 3.63) is 69.6 Å². The first-order valence-corrected chi connectivity index (χ1v) is 9.14. The summed E-state index contributed by atoms with van der Waals surface area (Å²) in [6, 6.07) is 13.0. The maximum absolute atomic E-state index is 11.9. The summed E-state index contributed by atoms with van der Waals surface area (Å²) in [6.07, 6.45) is 0.703. The topological polar surface area (TPSA) is 62.9 Å². The molecule has 0 atom stereocenters. The van der Waals surface area contributed by atoms with E-state index in [0.717, 1.165) is 22.3 Å². The fourth-order valence-corrected chi connectivity index (χ4v) is 3.17. The minimum Gasteiger partial charge on any atom is -0.507 e. The highest BCUT2D eigenvalue weighted by Crippen LogP contribution is 2.33. The number of aromatic hydroxyl groups is 1. The Bertz CT molecular complexity index is 979. The maximum atomic E-state index is 11.9. The monoisotopic (exact) mass is 367 g/mol. The molecule has 0 aliphatic carbocycles. The van der Waals surface area contributed by atoms with E-state index in [4.69, 9.17) is 9.15 Å². The number of ether oxygens (including phenoxy) is 1. The largest absolute Gasteiger partial charge is 0.507 e. The van der Waals surface area contributed by atoms with Crippen molar-refractivity contribution in [1.29, 1.82) is 0 Å². The summed E-state index contributed by atoms with van der Waals surface area (Å²) in [5, 5.41) is 11.6. The summed E-state index contributed by atoms with van der Waals surface area (Å²) in [6.45, 7) is 5.53. The Kier molecular flexibility index (Phi) is 5.81. The average molecular weight is 367 g/mol. The molecule has 3 rings (SSSR count). The minimum absolute atomic E-state index is 0.203. The standard InChI is InChI=1S/C22H25NO4/c1-4-16-13-18-15(2)12-20(24)27-22(18)19(21(16)25)14-23(3)10-11-26-17-8-6-5-7-9-17/h5-9,12-13,25H,4,10-11,14H2,1-3H3. The second-order valence-electron chi connectivity index (χ2n) is 6.74. The highest BCUT2D eigenvalue weighted by molar-refractivity contribution is 5.86. The van der Waals surface area contributed by atoms with Gasteiger partial charge in [-0.25, -0.2) is 4.79 Å². The van der Waals surface area contributed by atoms with Gasteiger partial charge in [-0.3, -0.25) is 4.90 Å². The van der Waals surface area contributed by atoms with Gasteiger partial charge in [0.25, 0.3) is 0 Å². The number of fused-ring (bicyclic) bond motifs is 1. The number of rotatable bonds is 7. The molecule has 0 unspecified atom stereocenters. The highest BCUT2D eigenvalue weighted by atomic mass is 16.5. The van der Waals surface area contributed by atoms with Gasteiger partial charge in [0.1, 0.15) is 23.7 Å². The van der Waals surface area contributed by atoms with E-state index in [0.29, 0.717) is 37.3 Å². The number of para-hydroxylation sites is 1. The second-order valence-corrected chi connectivity index (χ2v) is 6.74. The summed E-state index contributed by atoms with van der Waals surface area (Å²) >= 11 is 0. The molecule has 0 aliphatic heterocycles. The molecule has 0 radical (unpaired) electrons. The molecule has 0 saturated carbocycles. The molecule has 1 aromatic heterocycles. The Balaban J connectivity index is 1.82. The average Bonchev–Trinajstić information content (AvgIpc) is 2.65. The van der Waals surface area contributed by atoms with Crippen molar-refractivity contribution < 1.29 is 14.3 Å². The Morgan fingerprint density at radius 2 is 1.93 bits per heavy atom. The van der Waals surface area contributed by atoms with Gasteiger partial charge in [-0.1, -0.05) is 25.1 Å². The quantitative estimate of drug-likeness (QED) is 0.642. The zero-order valence-electron chi connectivity index (χ0n) is 16.0. The minimum atomic E-state index is -0.403. The van der Waals surface area contributed by atoms with Gasteiger partial charge in [-0.15, -0.1) is 0 Å². The summed E-state index contributed by atoms with van der Waals surface area (Å²) in [7, 11) is 1.95. The normalized spacial score (nSPS) is 11.3. The number of phenolic OH excluding ortho intramolecular Hbond substituents is 1. The van der Waals surface area contributed by atoms with Crippen molar-refractivity contribution in [2.24, 2.45) is 0 Å². The first kappa shape index (κ1) is 19.0. The number of phenols is 1. The van der Waals surface area contributed by atoms with Gasteiger partial charge in [0.05, 0.1) is 5.56 Å². The van der Waals surface area contributed by atoms with Gasteiger partial charge in [-0.05, 0) is 49.7 Å². The number of benzene rings is 2. The van der Waals surface area contributed by atoms with Crippen molar-refractivity contribution in [2.75, 3.05) is 20.2 Å². The lowest BCUT2D eigenvalue weighted by Crippen LogP contribution is -2.24. The van der Waals surface area contributed by atoms with Crippen LogP contribution in [0.25, 0.3) is 11.0 Å². The lowest BCUT2D eigenvalue weighted by molar-refractivity contribution is 0.231. The summed E-state index contributed by atoms with van der Waals surface area (Å²) in [4.78, 5) is 13.9. The van der Waals surface area contributed by atoms with Crippen molar-refractivity contribution in [3.63, 3.8) is 0 Å². The van der Waals surface area contributed by atoms with E-state index in [2.05, 4.69) is 0 Å². The third-order valence-electron chi connectivity index (χ3n) is 4.68. The summed E-state index contributed by atoms with van der Waals surface area (Å²) in [5.41, 5.74) is 2.41. The van der Waals surface area contributed by atoms with Crippen LogP contribution in [0.1, 0.15) is 23.6 Å². The SMILES string of the molecule is CCc1cc2c(C)cc(=O)oc2c(CN(C)CCOc2ccccc2)c1O. The molecule has 5 heteroatoms. The Labute approximate surface area is 158 Å². The molecule has 0 amide bonds. The first-order valence-electron chi connectivity index (χ1n) is 9.14. The van der Waals surface area contributed by atoms with Gasteiger partial charge in [-0.2, -0.15) is 0 Å². The van der Waals surface area contributed by atoms with Crippen LogP contribution in [0, 0.1) is 6.92 Å². The van der Waals surface area contributed by atoms with E-state index in [1.165, 1.54) is 6.07 Å². The van der Waals surface area contributed by atoms with E-state index in [1.807, 2.05) is 62.2 Å². The van der Waals surface area contributed by atoms with Crippen molar-refractivity contribution in [1.82, 2.24) is 4.90 Å². The molecule has 0 saturated heterocycles. The predicted molar refractivity (Wildman–Crippen MR) is 107 cm³/mol. The van der Waals surface area contributed by atoms with Crippen molar-refractivity contribution in [3.8, 4) is 11.5 Å². The Morgan fingerprint density at radius 1 is 1.19 bits per heavy atom. The number of hydrogen-bond acceptors (Lipinski definition) is 5. The lowest BCUT2D eigenvalue weighted by Gasteiger charge is -2.20. The summed E-state index contributed by atoms with van der Waals surface area (Å²) < 4.78 is 11.2. The van der Waals surface area contributed by atoms with E-state index >= 15 is 0 Å². The van der Waals surface area contributed by atoms with E-state index in [1.54, 1.807) is 0 Å². The van der Waals surface area contributed by atoms with Crippen LogP contribution >= 0.6 is 0 Å². The number of aryl methyl sites for hydroxylation is 2. The van der Waals surface area contributed by atoms with Gasteiger partial charge in [0.2, 0.25) is 0 Å². The van der Waals surface area contributed by atoms with E-state index in [-0.39, 0.29) is 5.75 Å². The third-order valence-corrected chi connectivity index (χ3v) is 4.68. The highest BCUT2D eigenvalue weighted by Gasteiger charge is 2.17. The van der Waals surface area contributed by atoms with Crippen LogP contribution in [-0.2, 0) is 13.0 Å². The molecule has 27 heavy (non-hydrogen) atoms. The molecule has 1 N–H and O–H groups in total. The predicted octanol–water partition coefficient (Wildman–Crippen LogP) is 3.88. The Morgan fingerprint density at radius 3 is 2.63 bits per heavy atom. The molecule has 0 aliphatic rings. The van der Waals surface area contributed by atoms with Gasteiger partial charge in [0, 0.05) is 24.5 Å². The third kappa shape index (κ3) is 4.31. The zero-order chi connectivity index (χ0) is 19.4. The van der Waals surface area contributed by atoms with Gasteiger partial charge in [0.15, 0.2) is 0 Å². The number of nitrogens with zero attached hydrogens (tertiary/aromatic N) is 1. The smallest absolute Gasteiger partial charge is 0.336 e. The number of likely N-dealkylation sites (N-methyl/N-ethyl adjacent to an activating group) is 1. The molecular weight excluding hydrogens is 342 g/mol. The lowest BCUT2D eigenvalue weighted by atomic mass is 9.99. The van der Waals surface area contributed by atoms with Gasteiger partial charge >= 0.3 is 5.63 Å². The van der Waals surface area contributed by atoms with Crippen molar-refractivity contribution >= 4 is 11.0 Å². The molecule has 2 aromatic carbocycles. The van der Waals surface area contributed by atoms with Crippen LogP contribution in [0.15, 0.2) is 51.7 Å². The van der Waals surface area contributed by atoms with Crippen LogP contribution < -0.4 is 10.4 Å². The molecule has 142 valence electrons.